The smallest absolute Gasteiger partial charge is 0.416 e. The number of alkyl carbamates (subject to hydrolysis) is 1. The van der Waals surface area contributed by atoms with E-state index >= 15 is 0 Å². The molecular weight excluding hydrogens is 309 g/mol. The van der Waals surface area contributed by atoms with Crippen LogP contribution in [0.4, 0.5) is 18.0 Å². The van der Waals surface area contributed by atoms with Crippen LogP contribution >= 0.6 is 0 Å². The molecule has 0 radical (unpaired) electrons. The third kappa shape index (κ3) is 4.16. The minimum absolute atomic E-state index is 0.434. The van der Waals surface area contributed by atoms with Crippen LogP contribution in [0.25, 0.3) is 0 Å². The predicted molar refractivity (Wildman–Crippen MR) is 79.7 cm³/mol. The molecule has 1 saturated carbocycles. The van der Waals surface area contributed by atoms with Gasteiger partial charge in [-0.2, -0.15) is 13.2 Å². The van der Waals surface area contributed by atoms with Gasteiger partial charge in [-0.05, 0) is 51.3 Å². The molecule has 0 spiro atoms. The lowest BCUT2D eigenvalue weighted by Crippen LogP contribution is -2.48. The van der Waals surface area contributed by atoms with Crippen LogP contribution in [0.2, 0.25) is 0 Å². The fraction of sp³-hybridized carbons (Fsp3) is 0.562. The summed E-state index contributed by atoms with van der Waals surface area (Å²) in [6.45, 7) is 5.12. The summed E-state index contributed by atoms with van der Waals surface area (Å²) in [5.41, 5.74) is 4.08. The van der Waals surface area contributed by atoms with E-state index in [0.29, 0.717) is 18.4 Å². The number of alkyl halides is 3. The Bertz CT molecular complexity index is 590. The number of carbonyl (C=O) groups excluding carboxylic acids is 1. The quantitative estimate of drug-likeness (QED) is 0.887. The van der Waals surface area contributed by atoms with Crippen LogP contribution in [0.3, 0.4) is 0 Å². The first-order chi connectivity index (χ1) is 10.4. The van der Waals surface area contributed by atoms with Gasteiger partial charge < -0.3 is 15.8 Å². The van der Waals surface area contributed by atoms with Gasteiger partial charge in [0.2, 0.25) is 0 Å². The highest BCUT2D eigenvalue weighted by atomic mass is 19.4. The molecule has 1 aromatic rings. The second-order valence-corrected chi connectivity index (χ2v) is 6.65. The first kappa shape index (κ1) is 17.6. The van der Waals surface area contributed by atoms with E-state index in [9.17, 15) is 18.0 Å². The number of nitrogens with one attached hydrogen (secondary N) is 1. The van der Waals surface area contributed by atoms with Crippen LogP contribution in [0.15, 0.2) is 24.3 Å². The topological polar surface area (TPSA) is 64.3 Å². The summed E-state index contributed by atoms with van der Waals surface area (Å²) < 4.78 is 43.7. The van der Waals surface area contributed by atoms with Gasteiger partial charge in [-0.25, -0.2) is 4.79 Å². The molecule has 0 aromatic heterocycles. The van der Waals surface area contributed by atoms with Gasteiger partial charge in [-0.3, -0.25) is 0 Å². The molecule has 3 N–H and O–H groups in total. The second kappa shape index (κ2) is 5.70. The fourth-order valence-electron chi connectivity index (χ4n) is 2.14. The number of amides is 1. The van der Waals surface area contributed by atoms with Crippen molar-refractivity contribution in [1.82, 2.24) is 5.32 Å². The first-order valence-electron chi connectivity index (χ1n) is 7.39. The molecule has 1 aromatic carbocycles. The lowest BCUT2D eigenvalue weighted by Gasteiger charge is -2.28. The molecule has 2 rings (SSSR count). The van der Waals surface area contributed by atoms with Crippen LogP contribution in [-0.4, -0.2) is 17.7 Å². The van der Waals surface area contributed by atoms with Crippen LogP contribution in [0, 0.1) is 0 Å². The van der Waals surface area contributed by atoms with Crippen LogP contribution in [0.1, 0.15) is 44.7 Å². The van der Waals surface area contributed by atoms with Crippen molar-refractivity contribution in [2.24, 2.45) is 5.73 Å². The molecule has 1 aliphatic rings. The van der Waals surface area contributed by atoms with E-state index < -0.39 is 35.0 Å². The SMILES string of the molecule is CC(OC(=O)NC1(c2cccc(C(F)(F)F)c2)CC1)C(C)(C)N. The summed E-state index contributed by atoms with van der Waals surface area (Å²) in [5, 5.41) is 2.68. The number of benzene rings is 1. The molecule has 0 saturated heterocycles. The molecule has 0 heterocycles. The zero-order chi connectivity index (χ0) is 17.5. The third-order valence-electron chi connectivity index (χ3n) is 4.17. The maximum Gasteiger partial charge on any atom is 0.416 e. The molecular formula is C16H21F3N2O2. The van der Waals surface area contributed by atoms with Gasteiger partial charge in [0, 0.05) is 5.54 Å². The Balaban J connectivity index is 2.10. The lowest BCUT2D eigenvalue weighted by atomic mass is 10.0. The number of nitrogens with two attached hydrogens (primary N) is 1. The standard InChI is InChI=1S/C16H21F3N2O2/c1-10(14(2,3)20)23-13(22)21-15(7-8-15)11-5-4-6-12(9-11)16(17,18)19/h4-6,9-10H,7-8,20H2,1-3H3,(H,21,22). The Hall–Kier alpha value is -1.76. The largest absolute Gasteiger partial charge is 0.445 e. The van der Waals surface area contributed by atoms with E-state index in [4.69, 9.17) is 10.5 Å². The van der Waals surface area contributed by atoms with Gasteiger partial charge in [0.15, 0.2) is 0 Å². The first-order valence-corrected chi connectivity index (χ1v) is 7.39. The van der Waals surface area contributed by atoms with Crippen molar-refractivity contribution in [3.8, 4) is 0 Å². The Labute approximate surface area is 133 Å². The minimum Gasteiger partial charge on any atom is -0.445 e. The van der Waals surface area contributed by atoms with E-state index in [1.165, 1.54) is 6.07 Å². The van der Waals surface area contributed by atoms with E-state index in [2.05, 4.69) is 5.32 Å². The van der Waals surface area contributed by atoms with Gasteiger partial charge in [-0.15, -0.1) is 0 Å². The van der Waals surface area contributed by atoms with E-state index in [-0.39, 0.29) is 0 Å². The highest BCUT2D eigenvalue weighted by Crippen LogP contribution is 2.46. The summed E-state index contributed by atoms with van der Waals surface area (Å²) in [7, 11) is 0. The fourth-order valence-corrected chi connectivity index (χ4v) is 2.14. The maximum absolute atomic E-state index is 12.8. The Morgan fingerprint density at radius 3 is 2.43 bits per heavy atom. The Morgan fingerprint density at radius 1 is 1.35 bits per heavy atom. The summed E-state index contributed by atoms with van der Waals surface area (Å²) in [6, 6.07) is 5.01. The summed E-state index contributed by atoms with van der Waals surface area (Å²) in [6.07, 6.45) is -4.47. The van der Waals surface area contributed by atoms with Crippen LogP contribution in [0.5, 0.6) is 0 Å². The van der Waals surface area contributed by atoms with Crippen molar-refractivity contribution >= 4 is 6.09 Å². The molecule has 1 fully saturated rings. The Kier molecular flexibility index (Phi) is 4.36. The number of ether oxygens (including phenoxy) is 1. The predicted octanol–water partition coefficient (Wildman–Crippen LogP) is 3.55. The van der Waals surface area contributed by atoms with Crippen molar-refractivity contribution in [1.29, 1.82) is 0 Å². The molecule has 23 heavy (non-hydrogen) atoms. The number of halogens is 3. The monoisotopic (exact) mass is 330 g/mol. The summed E-state index contributed by atoms with van der Waals surface area (Å²) in [4.78, 5) is 12.0. The number of carbonyl (C=O) groups is 1. The highest BCUT2D eigenvalue weighted by molar-refractivity contribution is 5.70. The molecule has 1 amide bonds. The van der Waals surface area contributed by atoms with Gasteiger partial charge in [0.1, 0.15) is 6.10 Å². The van der Waals surface area contributed by atoms with Crippen LogP contribution < -0.4 is 11.1 Å². The zero-order valence-electron chi connectivity index (χ0n) is 13.3. The lowest BCUT2D eigenvalue weighted by molar-refractivity contribution is -0.137. The average molecular weight is 330 g/mol. The second-order valence-electron chi connectivity index (χ2n) is 6.65. The molecule has 1 aliphatic carbocycles. The molecule has 0 bridgehead atoms. The maximum atomic E-state index is 12.8. The number of hydrogen-bond acceptors (Lipinski definition) is 3. The zero-order valence-corrected chi connectivity index (χ0v) is 13.3. The van der Waals surface area contributed by atoms with Crippen molar-refractivity contribution in [3.63, 3.8) is 0 Å². The van der Waals surface area contributed by atoms with E-state index in [0.717, 1.165) is 12.1 Å². The van der Waals surface area contributed by atoms with Crippen molar-refractivity contribution in [3.05, 3.63) is 35.4 Å². The normalized spacial score (nSPS) is 18.2. The molecule has 7 heteroatoms. The highest BCUT2D eigenvalue weighted by Gasteiger charge is 2.47. The van der Waals surface area contributed by atoms with Crippen molar-refractivity contribution < 1.29 is 22.7 Å². The van der Waals surface area contributed by atoms with Gasteiger partial charge in [0.05, 0.1) is 11.1 Å². The number of rotatable bonds is 4. The number of hydrogen-bond donors (Lipinski definition) is 2. The van der Waals surface area contributed by atoms with Crippen LogP contribution in [-0.2, 0) is 16.5 Å². The van der Waals surface area contributed by atoms with Crippen molar-refractivity contribution in [2.45, 2.75) is 57.0 Å². The van der Waals surface area contributed by atoms with Gasteiger partial charge in [-0.1, -0.05) is 12.1 Å². The van der Waals surface area contributed by atoms with Gasteiger partial charge >= 0.3 is 12.3 Å². The molecule has 4 nitrogen and oxygen atoms in total. The average Bonchev–Trinajstić information content (AvgIpc) is 3.17. The minimum atomic E-state index is -4.41. The molecule has 1 atom stereocenters. The Morgan fingerprint density at radius 2 is 1.96 bits per heavy atom. The third-order valence-corrected chi connectivity index (χ3v) is 4.17. The van der Waals surface area contributed by atoms with E-state index in [1.54, 1.807) is 26.8 Å². The summed E-state index contributed by atoms with van der Waals surface area (Å²) >= 11 is 0. The molecule has 128 valence electrons. The van der Waals surface area contributed by atoms with Crippen molar-refractivity contribution in [2.75, 3.05) is 0 Å². The van der Waals surface area contributed by atoms with Gasteiger partial charge in [0.25, 0.3) is 0 Å². The molecule has 0 aliphatic heterocycles. The molecule has 1 unspecified atom stereocenters. The summed E-state index contributed by atoms with van der Waals surface area (Å²) in [5.74, 6) is 0. The van der Waals surface area contributed by atoms with E-state index in [1.807, 2.05) is 0 Å².